The van der Waals surface area contributed by atoms with E-state index in [2.05, 4.69) is 22.4 Å². The first kappa shape index (κ1) is 17.4. The van der Waals surface area contributed by atoms with E-state index < -0.39 is 0 Å². The summed E-state index contributed by atoms with van der Waals surface area (Å²) in [4.78, 5) is 15.5. The highest BCUT2D eigenvalue weighted by molar-refractivity contribution is 6.31. The molecule has 5 heteroatoms. The minimum absolute atomic E-state index is 0.0279. The molecule has 0 radical (unpaired) electrons. The number of rotatable bonds is 6. The van der Waals surface area contributed by atoms with Crippen molar-refractivity contribution in [1.29, 1.82) is 0 Å². The lowest BCUT2D eigenvalue weighted by Crippen LogP contribution is -2.12. The number of carbonyl (C=O) groups excluding carboxylic acids is 1. The highest BCUT2D eigenvalue weighted by Crippen LogP contribution is 2.31. The third-order valence-electron chi connectivity index (χ3n) is 4.28. The molecule has 3 rings (SSSR count). The number of carbonyl (C=O) groups is 1. The Hall–Kier alpha value is -2.46. The molecule has 0 atom stereocenters. The van der Waals surface area contributed by atoms with Crippen molar-refractivity contribution in [2.24, 2.45) is 0 Å². The lowest BCUT2D eigenvalue weighted by atomic mass is 10.1. The Morgan fingerprint density at radius 1 is 1.28 bits per heavy atom. The molecule has 0 saturated carbocycles. The molecule has 1 heterocycles. The van der Waals surface area contributed by atoms with E-state index in [4.69, 9.17) is 16.3 Å². The number of fused-ring (bicyclic) bond motifs is 1. The van der Waals surface area contributed by atoms with Gasteiger partial charge in [-0.2, -0.15) is 0 Å². The van der Waals surface area contributed by atoms with Crippen LogP contribution < -0.4 is 10.1 Å². The summed E-state index contributed by atoms with van der Waals surface area (Å²) in [5.74, 6) is 0.542. The molecule has 3 aromatic rings. The number of amides is 1. The first-order chi connectivity index (χ1) is 12.1. The quantitative estimate of drug-likeness (QED) is 0.645. The van der Waals surface area contributed by atoms with Gasteiger partial charge < -0.3 is 15.0 Å². The molecule has 0 spiro atoms. The monoisotopic (exact) mass is 356 g/mol. The molecular formula is C20H21ClN2O2. The Morgan fingerprint density at radius 2 is 2.08 bits per heavy atom. The van der Waals surface area contributed by atoms with Crippen LogP contribution in [0.25, 0.3) is 10.9 Å². The van der Waals surface area contributed by atoms with Gasteiger partial charge in [0.25, 0.3) is 0 Å². The van der Waals surface area contributed by atoms with E-state index in [0.29, 0.717) is 22.9 Å². The van der Waals surface area contributed by atoms with Crippen LogP contribution in [-0.2, 0) is 11.2 Å². The number of H-pyrrole nitrogens is 1. The van der Waals surface area contributed by atoms with Gasteiger partial charge in [0.15, 0.2) is 0 Å². The predicted octanol–water partition coefficient (Wildman–Crippen LogP) is 5.10. The Kier molecular flexibility index (Phi) is 5.29. The topological polar surface area (TPSA) is 54.1 Å². The lowest BCUT2D eigenvalue weighted by Gasteiger charge is -2.12. The summed E-state index contributed by atoms with van der Waals surface area (Å²) >= 11 is 6.09. The number of nitrogens with one attached hydrogen (secondary N) is 2. The maximum absolute atomic E-state index is 12.3. The number of hydrogen-bond acceptors (Lipinski definition) is 2. The Labute approximate surface area is 152 Å². The van der Waals surface area contributed by atoms with E-state index in [1.165, 1.54) is 10.9 Å². The van der Waals surface area contributed by atoms with Gasteiger partial charge in [-0.25, -0.2) is 0 Å². The van der Waals surface area contributed by atoms with Crippen molar-refractivity contribution in [2.45, 2.75) is 26.2 Å². The fourth-order valence-electron chi connectivity index (χ4n) is 2.92. The van der Waals surface area contributed by atoms with Crippen molar-refractivity contribution < 1.29 is 9.53 Å². The summed E-state index contributed by atoms with van der Waals surface area (Å²) < 4.78 is 5.29. The third-order valence-corrected chi connectivity index (χ3v) is 4.69. The summed E-state index contributed by atoms with van der Waals surface area (Å²) in [6, 6.07) is 11.7. The maximum atomic E-state index is 12.3. The minimum Gasteiger partial charge on any atom is -0.495 e. The molecule has 2 aromatic carbocycles. The second-order valence-corrected chi connectivity index (χ2v) is 6.47. The van der Waals surface area contributed by atoms with Gasteiger partial charge in [0.2, 0.25) is 5.91 Å². The van der Waals surface area contributed by atoms with E-state index >= 15 is 0 Å². The van der Waals surface area contributed by atoms with Gasteiger partial charge in [0.05, 0.1) is 12.8 Å². The second-order valence-electron chi connectivity index (χ2n) is 6.06. The highest BCUT2D eigenvalue weighted by Gasteiger charge is 2.11. The predicted molar refractivity (Wildman–Crippen MR) is 103 cm³/mol. The number of aromatic nitrogens is 1. The fraction of sp³-hybridized carbons (Fsp3) is 0.250. The van der Waals surface area contributed by atoms with E-state index in [9.17, 15) is 4.79 Å². The first-order valence-corrected chi connectivity index (χ1v) is 8.65. The standard InChI is InChI=1S/C20H21ClN2O2/c1-13-10-18(19(25-2)11-16(13)21)23-20(24)9-5-6-14-12-22-17-8-4-3-7-15(14)17/h3-4,7-8,10-12,22H,5-6,9H2,1-2H3,(H,23,24). The molecule has 0 unspecified atom stereocenters. The van der Waals surface area contributed by atoms with Gasteiger partial charge in [-0.1, -0.05) is 29.8 Å². The largest absolute Gasteiger partial charge is 0.495 e. The zero-order chi connectivity index (χ0) is 17.8. The Bertz CT molecular complexity index is 902. The molecule has 2 N–H and O–H groups in total. The number of aromatic amines is 1. The van der Waals surface area contributed by atoms with Gasteiger partial charge in [-0.15, -0.1) is 0 Å². The van der Waals surface area contributed by atoms with Crippen LogP contribution in [0.4, 0.5) is 5.69 Å². The number of ether oxygens (including phenoxy) is 1. The van der Waals surface area contributed by atoms with Crippen LogP contribution in [0.5, 0.6) is 5.75 Å². The van der Waals surface area contributed by atoms with Crippen molar-refractivity contribution in [3.63, 3.8) is 0 Å². The number of hydrogen-bond donors (Lipinski definition) is 2. The van der Waals surface area contributed by atoms with E-state index in [0.717, 1.165) is 23.9 Å². The van der Waals surface area contributed by atoms with Crippen molar-refractivity contribution >= 4 is 34.1 Å². The molecule has 0 fully saturated rings. The zero-order valence-electron chi connectivity index (χ0n) is 14.4. The summed E-state index contributed by atoms with van der Waals surface area (Å²) in [5.41, 5.74) is 3.92. The van der Waals surface area contributed by atoms with Crippen molar-refractivity contribution in [3.05, 3.63) is 58.7 Å². The summed E-state index contributed by atoms with van der Waals surface area (Å²) in [6.07, 6.45) is 4.11. The van der Waals surface area contributed by atoms with Crippen LogP contribution in [0.3, 0.4) is 0 Å². The van der Waals surface area contributed by atoms with Crippen LogP contribution in [0.15, 0.2) is 42.6 Å². The Morgan fingerprint density at radius 3 is 2.88 bits per heavy atom. The van der Waals surface area contributed by atoms with Crippen molar-refractivity contribution in [3.8, 4) is 5.75 Å². The number of benzene rings is 2. The molecule has 25 heavy (non-hydrogen) atoms. The van der Waals surface area contributed by atoms with E-state index in [-0.39, 0.29) is 5.91 Å². The molecule has 0 aliphatic heterocycles. The normalized spacial score (nSPS) is 10.8. The van der Waals surface area contributed by atoms with Crippen LogP contribution in [0.2, 0.25) is 5.02 Å². The molecule has 0 aliphatic carbocycles. The molecule has 1 aromatic heterocycles. The number of halogens is 1. The highest BCUT2D eigenvalue weighted by atomic mass is 35.5. The molecule has 0 saturated heterocycles. The second kappa shape index (κ2) is 7.62. The summed E-state index contributed by atoms with van der Waals surface area (Å²) in [7, 11) is 1.56. The van der Waals surface area contributed by atoms with Crippen LogP contribution >= 0.6 is 11.6 Å². The molecule has 130 valence electrons. The minimum atomic E-state index is -0.0279. The molecular weight excluding hydrogens is 336 g/mol. The molecule has 4 nitrogen and oxygen atoms in total. The van der Waals surface area contributed by atoms with Crippen LogP contribution in [0, 0.1) is 6.92 Å². The van der Waals surface area contributed by atoms with Crippen LogP contribution in [-0.4, -0.2) is 18.0 Å². The average Bonchev–Trinajstić information content (AvgIpc) is 3.01. The van der Waals surface area contributed by atoms with Gasteiger partial charge in [0.1, 0.15) is 5.75 Å². The van der Waals surface area contributed by atoms with Gasteiger partial charge in [-0.3, -0.25) is 4.79 Å². The maximum Gasteiger partial charge on any atom is 0.224 e. The number of para-hydroxylation sites is 1. The number of anilines is 1. The smallest absolute Gasteiger partial charge is 0.224 e. The third kappa shape index (κ3) is 3.97. The van der Waals surface area contributed by atoms with Gasteiger partial charge >= 0.3 is 0 Å². The van der Waals surface area contributed by atoms with Gasteiger partial charge in [-0.05, 0) is 43.0 Å². The zero-order valence-corrected chi connectivity index (χ0v) is 15.1. The average molecular weight is 357 g/mol. The Balaban J connectivity index is 1.59. The SMILES string of the molecule is COc1cc(Cl)c(C)cc1NC(=O)CCCc1c[nH]c2ccccc12. The van der Waals surface area contributed by atoms with E-state index in [1.54, 1.807) is 13.2 Å². The summed E-state index contributed by atoms with van der Waals surface area (Å²) in [6.45, 7) is 1.90. The van der Waals surface area contributed by atoms with Crippen molar-refractivity contribution in [1.82, 2.24) is 4.98 Å². The van der Waals surface area contributed by atoms with E-state index in [1.807, 2.05) is 31.3 Å². The molecule has 0 bridgehead atoms. The number of aryl methyl sites for hydroxylation is 2. The molecule has 0 aliphatic rings. The lowest BCUT2D eigenvalue weighted by molar-refractivity contribution is -0.116. The number of methoxy groups -OCH3 is 1. The summed E-state index contributed by atoms with van der Waals surface area (Å²) in [5, 5.41) is 4.76. The molecule has 1 amide bonds. The van der Waals surface area contributed by atoms with Crippen LogP contribution in [0.1, 0.15) is 24.0 Å². The van der Waals surface area contributed by atoms with Gasteiger partial charge in [0, 0.05) is 34.6 Å². The fourth-order valence-corrected chi connectivity index (χ4v) is 3.07. The first-order valence-electron chi connectivity index (χ1n) is 8.27. The van der Waals surface area contributed by atoms with Crippen molar-refractivity contribution in [2.75, 3.05) is 12.4 Å².